The molecule has 0 aliphatic carbocycles. The molecule has 576 valence electrons. The van der Waals surface area contributed by atoms with E-state index in [-0.39, 0.29) is 0 Å². The molecule has 8 heteroatoms. The molecule has 0 amide bonds. The zero-order chi connectivity index (χ0) is 81.2. The van der Waals surface area contributed by atoms with Gasteiger partial charge in [0.2, 0.25) is 0 Å². The van der Waals surface area contributed by atoms with Crippen molar-refractivity contribution in [3.05, 3.63) is 437 Å². The van der Waals surface area contributed by atoms with E-state index in [0.29, 0.717) is 5.82 Å². The quantitative estimate of drug-likeness (QED) is 0.122. The molecule has 7 aromatic heterocycles. The number of fused-ring (bicyclic) bond motifs is 19. The van der Waals surface area contributed by atoms with E-state index in [4.69, 9.17) is 9.97 Å². The third kappa shape index (κ3) is 10.8. The van der Waals surface area contributed by atoms with Gasteiger partial charge in [0.1, 0.15) is 0 Å². The Morgan fingerprint density at radius 3 is 0.710 bits per heavy atom. The van der Waals surface area contributed by atoms with E-state index in [2.05, 4.69) is 464 Å². The summed E-state index contributed by atoms with van der Waals surface area (Å²) in [5.41, 5.74) is 33.0. The summed E-state index contributed by atoms with van der Waals surface area (Å²) in [5.74, 6) is 0.632. The van der Waals surface area contributed by atoms with Gasteiger partial charge >= 0.3 is 0 Å². The third-order valence-electron chi connectivity index (χ3n) is 26.0. The van der Waals surface area contributed by atoms with Gasteiger partial charge in [-0.1, -0.05) is 261 Å². The maximum atomic E-state index is 5.78. The van der Waals surface area contributed by atoms with Gasteiger partial charge in [-0.25, -0.2) is 9.97 Å². The van der Waals surface area contributed by atoms with Crippen LogP contribution in [0, 0.1) is 0 Å². The summed E-state index contributed by atoms with van der Waals surface area (Å²) >= 11 is 0. The number of hydrogen-bond acceptors (Lipinski definition) is 2. The molecular formula is C116H72N8. The van der Waals surface area contributed by atoms with E-state index in [1.807, 2.05) is 0 Å². The standard InChI is InChI=1S/C116H72N8/c1-5-27-83(28-6-1)119-103-43-19-14-37-89(103)98-65-73(51-59-107(98)119)77-47-55-93-94-56-48-78(74-52-60-108-99(66-74)90-38-15-20-44-104(90)120(108)84-29-7-2-8-30-84)70-112(94)123(111(93)69-77)87-35-23-25-81(63-87)115-97-41-13-18-42-102(97)117-116(118-115)82-26-24-36-88(64-82)124-113-71-79(75-53-61-109-100(67-75)91-39-16-21-45-105(91)121(109)85-31-9-3-10-32-85)49-57-95(113)96-58-50-80(72-114(96)124)76-54-62-110-101(68-76)92-40-17-22-46-106(92)122(110)86-33-11-4-12-34-86/h1-72H. The molecule has 7 heterocycles. The Morgan fingerprint density at radius 2 is 0.371 bits per heavy atom. The fourth-order valence-corrected chi connectivity index (χ4v) is 20.3. The van der Waals surface area contributed by atoms with Gasteiger partial charge in [0, 0.05) is 115 Å². The molecule has 0 spiro atoms. The minimum absolute atomic E-state index is 0.632. The molecule has 124 heavy (non-hydrogen) atoms. The maximum Gasteiger partial charge on any atom is 0.160 e. The van der Waals surface area contributed by atoms with Gasteiger partial charge in [0.05, 0.1) is 77.4 Å². The highest BCUT2D eigenvalue weighted by Gasteiger charge is 2.25. The van der Waals surface area contributed by atoms with Crippen molar-refractivity contribution in [1.82, 2.24) is 37.4 Å². The third-order valence-corrected chi connectivity index (χ3v) is 26.0. The zero-order valence-corrected chi connectivity index (χ0v) is 67.1. The van der Waals surface area contributed by atoms with Crippen LogP contribution in [0.25, 0.3) is 243 Å². The lowest BCUT2D eigenvalue weighted by atomic mass is 10.00. The van der Waals surface area contributed by atoms with E-state index in [1.54, 1.807) is 0 Å². The predicted molar refractivity (Wildman–Crippen MR) is 518 cm³/mol. The van der Waals surface area contributed by atoms with Crippen LogP contribution in [0.3, 0.4) is 0 Å². The number of aromatic nitrogens is 8. The van der Waals surface area contributed by atoms with Gasteiger partial charge in [-0.2, -0.15) is 0 Å². The fourth-order valence-electron chi connectivity index (χ4n) is 20.3. The van der Waals surface area contributed by atoms with Crippen molar-refractivity contribution in [1.29, 1.82) is 0 Å². The van der Waals surface area contributed by atoms with Crippen LogP contribution in [0.4, 0.5) is 0 Å². The minimum Gasteiger partial charge on any atom is -0.309 e. The first-order chi connectivity index (χ1) is 61.5. The number of nitrogens with zero attached hydrogens (tertiary/aromatic N) is 8. The molecule has 0 N–H and O–H groups in total. The summed E-state index contributed by atoms with van der Waals surface area (Å²) in [4.78, 5) is 11.3. The van der Waals surface area contributed by atoms with Gasteiger partial charge in [0.25, 0.3) is 0 Å². The number of para-hydroxylation sites is 9. The summed E-state index contributed by atoms with van der Waals surface area (Å²) < 4.78 is 14.5. The Bertz CT molecular complexity index is 8490. The lowest BCUT2D eigenvalue weighted by Crippen LogP contribution is -1.99. The summed E-state index contributed by atoms with van der Waals surface area (Å²) in [6.07, 6.45) is 0. The number of rotatable bonds is 12. The molecule has 0 aliphatic heterocycles. The second kappa shape index (κ2) is 27.4. The largest absolute Gasteiger partial charge is 0.309 e. The van der Waals surface area contributed by atoms with Crippen molar-refractivity contribution in [2.24, 2.45) is 0 Å². The highest BCUT2D eigenvalue weighted by molar-refractivity contribution is 6.18. The molecule has 0 aliphatic rings. The molecule has 26 rings (SSSR count). The monoisotopic (exact) mass is 1580 g/mol. The molecule has 0 radical (unpaired) electrons. The van der Waals surface area contributed by atoms with Crippen molar-refractivity contribution in [3.63, 3.8) is 0 Å². The van der Waals surface area contributed by atoms with Gasteiger partial charge in [-0.3, -0.25) is 0 Å². The lowest BCUT2D eigenvalue weighted by molar-refractivity contribution is 1.17. The average Bonchev–Trinajstić information content (AvgIpc) is 1.58. The second-order valence-corrected chi connectivity index (χ2v) is 32.8. The van der Waals surface area contributed by atoms with Crippen LogP contribution in [0.2, 0.25) is 0 Å². The summed E-state index contributed by atoms with van der Waals surface area (Å²) in [6.45, 7) is 0. The molecule has 19 aromatic carbocycles. The van der Waals surface area contributed by atoms with E-state index in [1.165, 1.54) is 98.0 Å². The molecule has 0 saturated carbocycles. The van der Waals surface area contributed by atoms with E-state index < -0.39 is 0 Å². The van der Waals surface area contributed by atoms with Gasteiger partial charge < -0.3 is 27.4 Å². The first-order valence-electron chi connectivity index (χ1n) is 42.5. The average molecular weight is 1580 g/mol. The minimum atomic E-state index is 0.632. The van der Waals surface area contributed by atoms with Gasteiger partial charge in [0.15, 0.2) is 5.82 Å². The first-order valence-corrected chi connectivity index (χ1v) is 42.5. The van der Waals surface area contributed by atoms with Gasteiger partial charge in [-0.15, -0.1) is 0 Å². The van der Waals surface area contributed by atoms with Crippen LogP contribution in [-0.4, -0.2) is 37.4 Å². The highest BCUT2D eigenvalue weighted by Crippen LogP contribution is 2.46. The van der Waals surface area contributed by atoms with Crippen molar-refractivity contribution in [2.75, 3.05) is 0 Å². The van der Waals surface area contributed by atoms with Crippen LogP contribution in [-0.2, 0) is 0 Å². The van der Waals surface area contributed by atoms with E-state index in [9.17, 15) is 0 Å². The molecule has 0 atom stereocenters. The van der Waals surface area contributed by atoms with Crippen molar-refractivity contribution in [3.8, 4) is 101 Å². The molecule has 8 nitrogen and oxygen atoms in total. The smallest absolute Gasteiger partial charge is 0.160 e. The van der Waals surface area contributed by atoms with Crippen molar-refractivity contribution < 1.29 is 0 Å². The van der Waals surface area contributed by atoms with Crippen LogP contribution >= 0.6 is 0 Å². The molecule has 26 aromatic rings. The van der Waals surface area contributed by atoms with E-state index in [0.717, 1.165) is 139 Å². The van der Waals surface area contributed by atoms with Crippen molar-refractivity contribution >= 4 is 142 Å². The van der Waals surface area contributed by atoms with Crippen LogP contribution in [0.5, 0.6) is 0 Å². The Kier molecular flexibility index (Phi) is 15.3. The summed E-state index contributed by atoms with van der Waals surface area (Å²) in [7, 11) is 0. The Hall–Kier alpha value is -16.7. The zero-order valence-electron chi connectivity index (χ0n) is 67.1. The molecular weight excluding hydrogens is 1510 g/mol. The topological polar surface area (TPSA) is 55.4 Å². The van der Waals surface area contributed by atoms with Crippen LogP contribution in [0.1, 0.15) is 0 Å². The molecule has 0 fully saturated rings. The molecule has 0 unspecified atom stereocenters. The Labute approximate surface area is 712 Å². The summed E-state index contributed by atoms with van der Waals surface area (Å²) in [6, 6.07) is 161. The predicted octanol–water partition coefficient (Wildman–Crippen LogP) is 30.2. The summed E-state index contributed by atoms with van der Waals surface area (Å²) in [5, 5.41) is 15.3. The van der Waals surface area contributed by atoms with Crippen LogP contribution in [0.15, 0.2) is 437 Å². The Morgan fingerprint density at radius 1 is 0.129 bits per heavy atom. The molecule has 0 saturated heterocycles. The van der Waals surface area contributed by atoms with E-state index >= 15 is 0 Å². The van der Waals surface area contributed by atoms with Gasteiger partial charge in [-0.05, 0) is 220 Å². The van der Waals surface area contributed by atoms with Crippen LogP contribution < -0.4 is 0 Å². The molecule has 0 bridgehead atoms. The Balaban J connectivity index is 0.639. The van der Waals surface area contributed by atoms with Crippen molar-refractivity contribution in [2.45, 2.75) is 0 Å². The first kappa shape index (κ1) is 69.3. The SMILES string of the molecule is c1ccc(-n2c3ccccc3c3cc(-c4ccc5c6ccc(-c7ccc8c(c7)c7ccccc7n8-c7ccccc7)cc6n(-c6cccc(-c7nc(-c8cccc(-n9c%10cc(-c%11ccc%12c(c%11)c%11ccccc%11n%12-c%11ccccc%11)ccc%10c%10ccc(-c%11ccc%12c(c%11)c%11ccccc%11n%12-c%11ccccc%11)cc%109)c8)c8ccccc8n7)c6)c5c4)ccc32)cc1. The highest BCUT2D eigenvalue weighted by atomic mass is 15.0. The lowest BCUT2D eigenvalue weighted by Gasteiger charge is -2.14. The number of hydrogen-bond donors (Lipinski definition) is 0. The maximum absolute atomic E-state index is 5.78. The number of benzene rings is 19. The second-order valence-electron chi connectivity index (χ2n) is 32.8. The fraction of sp³-hybridized carbons (Fsp3) is 0. The normalized spacial score (nSPS) is 12.0.